The molecule has 2 heterocycles. The summed E-state index contributed by atoms with van der Waals surface area (Å²) in [5, 5.41) is 5.59. The van der Waals surface area contributed by atoms with Crippen molar-refractivity contribution in [2.75, 3.05) is 4.90 Å². The second-order valence-electron chi connectivity index (χ2n) is 7.17. The van der Waals surface area contributed by atoms with E-state index in [0.29, 0.717) is 5.69 Å². The maximum Gasteiger partial charge on any atom is 0.270 e. The summed E-state index contributed by atoms with van der Waals surface area (Å²) in [5.41, 5.74) is 2.52. The molecule has 1 aliphatic heterocycles. The van der Waals surface area contributed by atoms with Crippen molar-refractivity contribution in [2.24, 2.45) is 7.05 Å². The van der Waals surface area contributed by atoms with Crippen LogP contribution < -0.4 is 10.2 Å². The lowest BCUT2D eigenvalue weighted by Crippen LogP contribution is -2.54. The van der Waals surface area contributed by atoms with Crippen molar-refractivity contribution in [1.29, 1.82) is 0 Å². The van der Waals surface area contributed by atoms with Crippen LogP contribution in [-0.4, -0.2) is 21.5 Å². The Balaban J connectivity index is 1.65. The Labute approximate surface area is 178 Å². The summed E-state index contributed by atoms with van der Waals surface area (Å²) in [4.78, 5) is 27.5. The van der Waals surface area contributed by atoms with E-state index in [1.807, 2.05) is 84.5 Å². The van der Waals surface area contributed by atoms with Crippen molar-refractivity contribution in [3.05, 3.63) is 84.1 Å². The molecule has 0 spiro atoms. The zero-order valence-electron chi connectivity index (χ0n) is 16.1. The number of aryl methyl sites for hydroxylation is 1. The fraction of sp³-hybridized carbons (Fsp3) is 0.0417. The summed E-state index contributed by atoms with van der Waals surface area (Å²) in [7, 11) is 1.94. The van der Waals surface area contributed by atoms with E-state index in [4.69, 9.17) is 12.2 Å². The summed E-state index contributed by atoms with van der Waals surface area (Å²) in [6.07, 6.45) is 3.55. The summed E-state index contributed by atoms with van der Waals surface area (Å²) >= 11 is 5.37. The number of rotatable bonds is 2. The monoisotopic (exact) mass is 411 g/mol. The third-order valence-electron chi connectivity index (χ3n) is 5.34. The smallest absolute Gasteiger partial charge is 0.270 e. The van der Waals surface area contributed by atoms with Crippen molar-refractivity contribution in [1.82, 2.24) is 9.88 Å². The van der Waals surface area contributed by atoms with Crippen molar-refractivity contribution in [2.45, 2.75) is 0 Å². The van der Waals surface area contributed by atoms with Crippen LogP contribution in [0.15, 0.2) is 78.5 Å². The van der Waals surface area contributed by atoms with Gasteiger partial charge in [0.1, 0.15) is 5.57 Å². The van der Waals surface area contributed by atoms with E-state index in [1.54, 1.807) is 6.08 Å². The highest BCUT2D eigenvalue weighted by Crippen LogP contribution is 2.30. The minimum absolute atomic E-state index is 0.0490. The standard InChI is InChI=1S/C24H17N3O2S/c1-26-14-16(18-10-4-5-11-20(18)26)13-19-22(28)25-24(30)27(23(19)29)21-12-6-8-15-7-2-3-9-17(15)21/h2-14H,1H3,(H,25,28,30)/b19-13+. The lowest BCUT2D eigenvalue weighted by molar-refractivity contribution is -0.122. The van der Waals surface area contributed by atoms with Crippen molar-refractivity contribution >= 4 is 62.6 Å². The van der Waals surface area contributed by atoms with Crippen LogP contribution in [0.2, 0.25) is 0 Å². The first-order chi connectivity index (χ1) is 14.5. The van der Waals surface area contributed by atoms with Crippen LogP contribution in [0.1, 0.15) is 5.56 Å². The number of para-hydroxylation sites is 1. The third-order valence-corrected chi connectivity index (χ3v) is 5.62. The summed E-state index contributed by atoms with van der Waals surface area (Å²) in [6.45, 7) is 0. The summed E-state index contributed by atoms with van der Waals surface area (Å²) < 4.78 is 1.97. The number of nitrogens with one attached hydrogen (secondary N) is 1. The van der Waals surface area contributed by atoms with E-state index in [1.165, 1.54) is 4.90 Å². The lowest BCUT2D eigenvalue weighted by atomic mass is 10.0. The second-order valence-corrected chi connectivity index (χ2v) is 7.56. The maximum absolute atomic E-state index is 13.4. The van der Waals surface area contributed by atoms with Gasteiger partial charge in [-0.25, -0.2) is 0 Å². The number of amides is 2. The number of fused-ring (bicyclic) bond motifs is 2. The average molecular weight is 411 g/mol. The molecule has 5 nitrogen and oxygen atoms in total. The predicted molar refractivity (Wildman–Crippen MR) is 123 cm³/mol. The quantitative estimate of drug-likeness (QED) is 0.306. The van der Waals surface area contributed by atoms with Crippen molar-refractivity contribution in [3.8, 4) is 0 Å². The Kier molecular flexibility index (Phi) is 4.22. The van der Waals surface area contributed by atoms with Crippen LogP contribution in [0.5, 0.6) is 0 Å². The first-order valence-corrected chi connectivity index (χ1v) is 9.89. The molecule has 1 aliphatic rings. The summed E-state index contributed by atoms with van der Waals surface area (Å²) in [6, 6.07) is 21.3. The normalized spacial score (nSPS) is 16.0. The van der Waals surface area contributed by atoms with Crippen LogP contribution >= 0.6 is 12.2 Å². The van der Waals surface area contributed by atoms with E-state index in [2.05, 4.69) is 5.32 Å². The first-order valence-electron chi connectivity index (χ1n) is 9.48. The molecule has 0 radical (unpaired) electrons. The molecule has 5 rings (SSSR count). The Hall–Kier alpha value is -3.77. The molecule has 30 heavy (non-hydrogen) atoms. The minimum Gasteiger partial charge on any atom is -0.350 e. The predicted octanol–water partition coefficient (Wildman–Crippen LogP) is 4.16. The van der Waals surface area contributed by atoms with Crippen LogP contribution in [0.4, 0.5) is 5.69 Å². The molecule has 6 heteroatoms. The number of benzene rings is 3. The third kappa shape index (κ3) is 2.81. The number of hydrogen-bond donors (Lipinski definition) is 1. The zero-order valence-corrected chi connectivity index (χ0v) is 16.9. The molecule has 3 aromatic carbocycles. The number of hydrogen-bond acceptors (Lipinski definition) is 3. The van der Waals surface area contributed by atoms with Gasteiger partial charge in [-0.15, -0.1) is 0 Å². The molecule has 1 saturated heterocycles. The van der Waals surface area contributed by atoms with E-state index in [-0.39, 0.29) is 10.7 Å². The Morgan fingerprint density at radius 1 is 0.900 bits per heavy atom. The van der Waals surface area contributed by atoms with E-state index in [9.17, 15) is 9.59 Å². The summed E-state index contributed by atoms with van der Waals surface area (Å²) in [5.74, 6) is -0.928. The Morgan fingerprint density at radius 3 is 2.43 bits per heavy atom. The number of anilines is 1. The molecule has 0 saturated carbocycles. The number of aromatic nitrogens is 1. The van der Waals surface area contributed by atoms with E-state index >= 15 is 0 Å². The first kappa shape index (κ1) is 18.3. The molecule has 2 amide bonds. The molecular weight excluding hydrogens is 394 g/mol. The molecule has 4 aromatic rings. The van der Waals surface area contributed by atoms with Gasteiger partial charge < -0.3 is 4.57 Å². The maximum atomic E-state index is 13.4. The number of carbonyl (C=O) groups is 2. The van der Waals surface area contributed by atoms with Crippen LogP contribution in [0, 0.1) is 0 Å². The van der Waals surface area contributed by atoms with Crippen LogP contribution in [0.25, 0.3) is 27.8 Å². The molecule has 1 fully saturated rings. The number of thiocarbonyl (C=S) groups is 1. The van der Waals surface area contributed by atoms with Crippen LogP contribution in [-0.2, 0) is 16.6 Å². The topological polar surface area (TPSA) is 54.3 Å². The molecule has 0 unspecified atom stereocenters. The van der Waals surface area contributed by atoms with Gasteiger partial charge >= 0.3 is 0 Å². The highest BCUT2D eigenvalue weighted by molar-refractivity contribution is 7.80. The largest absolute Gasteiger partial charge is 0.350 e. The fourth-order valence-corrected chi connectivity index (χ4v) is 4.20. The molecule has 1 N–H and O–H groups in total. The average Bonchev–Trinajstić information content (AvgIpc) is 3.07. The van der Waals surface area contributed by atoms with Crippen LogP contribution in [0.3, 0.4) is 0 Å². The molecule has 0 atom stereocenters. The van der Waals surface area contributed by atoms with Gasteiger partial charge in [0.05, 0.1) is 5.69 Å². The molecule has 0 bridgehead atoms. The highest BCUT2D eigenvalue weighted by Gasteiger charge is 2.35. The molecule has 0 aliphatic carbocycles. The van der Waals surface area contributed by atoms with E-state index < -0.39 is 11.8 Å². The minimum atomic E-state index is -0.491. The van der Waals surface area contributed by atoms with Gasteiger partial charge in [-0.05, 0) is 35.8 Å². The molecule has 146 valence electrons. The number of carbonyl (C=O) groups excluding carboxylic acids is 2. The van der Waals surface area contributed by atoms with Gasteiger partial charge in [0.2, 0.25) is 0 Å². The zero-order chi connectivity index (χ0) is 20.8. The lowest BCUT2D eigenvalue weighted by Gasteiger charge is -2.29. The van der Waals surface area contributed by atoms with Gasteiger partial charge in [0.15, 0.2) is 5.11 Å². The highest BCUT2D eigenvalue weighted by atomic mass is 32.1. The van der Waals surface area contributed by atoms with Crippen molar-refractivity contribution in [3.63, 3.8) is 0 Å². The van der Waals surface area contributed by atoms with Gasteiger partial charge in [0, 0.05) is 35.1 Å². The van der Waals surface area contributed by atoms with E-state index in [0.717, 1.165) is 27.2 Å². The van der Waals surface area contributed by atoms with Gasteiger partial charge in [-0.1, -0.05) is 54.6 Å². The Bertz CT molecular complexity index is 1390. The van der Waals surface area contributed by atoms with Gasteiger partial charge in [-0.3, -0.25) is 19.8 Å². The SMILES string of the molecule is Cn1cc(/C=C2\C(=O)NC(=S)N(c3cccc4ccccc34)C2=O)c2ccccc21. The number of nitrogens with zero attached hydrogens (tertiary/aromatic N) is 2. The van der Waals surface area contributed by atoms with Crippen molar-refractivity contribution < 1.29 is 9.59 Å². The Morgan fingerprint density at radius 2 is 1.60 bits per heavy atom. The molecular formula is C24H17N3O2S. The van der Waals surface area contributed by atoms with Gasteiger partial charge in [-0.2, -0.15) is 0 Å². The second kappa shape index (κ2) is 6.93. The fourth-order valence-electron chi connectivity index (χ4n) is 3.92. The van der Waals surface area contributed by atoms with Gasteiger partial charge in [0.25, 0.3) is 11.8 Å². The molecule has 1 aromatic heterocycles.